The first-order valence-electron chi connectivity index (χ1n) is 4.74. The smallest absolute Gasteiger partial charge is 0.221 e. The highest BCUT2D eigenvalue weighted by Gasteiger charge is 2.05. The standard InChI is InChI=1S/C11H11FN4/c1-16(9-4-2-8(12)3-5-9)10-6-7-14-11(13)15-10/h2-7H,1H3,(H2,13,14,15). The van der Waals surface area contributed by atoms with E-state index in [2.05, 4.69) is 9.97 Å². The number of halogens is 1. The van der Waals surface area contributed by atoms with Crippen LogP contribution < -0.4 is 10.6 Å². The minimum atomic E-state index is -0.264. The van der Waals surface area contributed by atoms with E-state index in [0.717, 1.165) is 5.69 Å². The molecule has 0 saturated heterocycles. The lowest BCUT2D eigenvalue weighted by Crippen LogP contribution is -2.12. The summed E-state index contributed by atoms with van der Waals surface area (Å²) in [5, 5.41) is 0. The van der Waals surface area contributed by atoms with Crippen molar-refractivity contribution in [3.63, 3.8) is 0 Å². The van der Waals surface area contributed by atoms with E-state index in [4.69, 9.17) is 5.73 Å². The summed E-state index contributed by atoms with van der Waals surface area (Å²) in [4.78, 5) is 9.68. The summed E-state index contributed by atoms with van der Waals surface area (Å²) in [6.45, 7) is 0. The Bertz CT molecular complexity index is 484. The molecule has 82 valence electrons. The number of anilines is 3. The number of benzene rings is 1. The summed E-state index contributed by atoms with van der Waals surface area (Å²) in [5.41, 5.74) is 6.32. The Balaban J connectivity index is 2.31. The molecule has 0 atom stereocenters. The van der Waals surface area contributed by atoms with E-state index < -0.39 is 0 Å². The quantitative estimate of drug-likeness (QED) is 0.837. The molecule has 1 heterocycles. The van der Waals surface area contributed by atoms with Gasteiger partial charge in [0.15, 0.2) is 0 Å². The summed E-state index contributed by atoms with van der Waals surface area (Å²) in [6.07, 6.45) is 1.58. The van der Waals surface area contributed by atoms with E-state index in [-0.39, 0.29) is 11.8 Å². The molecule has 0 unspecified atom stereocenters. The van der Waals surface area contributed by atoms with Gasteiger partial charge in [-0.05, 0) is 30.3 Å². The van der Waals surface area contributed by atoms with Gasteiger partial charge in [0.05, 0.1) is 0 Å². The molecular formula is C11H11FN4. The summed E-state index contributed by atoms with van der Waals surface area (Å²) in [6, 6.07) is 7.88. The van der Waals surface area contributed by atoms with Gasteiger partial charge < -0.3 is 10.6 Å². The van der Waals surface area contributed by atoms with Crippen LogP contribution in [0.2, 0.25) is 0 Å². The highest BCUT2D eigenvalue weighted by Crippen LogP contribution is 2.21. The van der Waals surface area contributed by atoms with Crippen LogP contribution in [0.5, 0.6) is 0 Å². The van der Waals surface area contributed by atoms with Gasteiger partial charge in [-0.3, -0.25) is 0 Å². The second-order valence-corrected chi connectivity index (χ2v) is 3.31. The molecule has 0 amide bonds. The van der Waals surface area contributed by atoms with Crippen molar-refractivity contribution in [2.75, 3.05) is 17.7 Å². The number of hydrogen-bond acceptors (Lipinski definition) is 4. The van der Waals surface area contributed by atoms with Crippen molar-refractivity contribution in [2.45, 2.75) is 0 Å². The second-order valence-electron chi connectivity index (χ2n) is 3.31. The molecule has 1 aromatic carbocycles. The van der Waals surface area contributed by atoms with E-state index in [0.29, 0.717) is 5.82 Å². The Hall–Kier alpha value is -2.17. The Morgan fingerprint density at radius 2 is 1.88 bits per heavy atom. The number of nitrogens with two attached hydrogens (primary N) is 1. The molecule has 0 aliphatic carbocycles. The Labute approximate surface area is 92.6 Å². The largest absolute Gasteiger partial charge is 0.368 e. The predicted molar refractivity (Wildman–Crippen MR) is 60.9 cm³/mol. The van der Waals surface area contributed by atoms with E-state index >= 15 is 0 Å². The van der Waals surface area contributed by atoms with Crippen molar-refractivity contribution < 1.29 is 4.39 Å². The van der Waals surface area contributed by atoms with Crippen LogP contribution in [0.15, 0.2) is 36.5 Å². The van der Waals surface area contributed by atoms with Gasteiger partial charge in [-0.1, -0.05) is 0 Å². The van der Waals surface area contributed by atoms with Crippen molar-refractivity contribution in [1.29, 1.82) is 0 Å². The van der Waals surface area contributed by atoms with Crippen LogP contribution in [-0.4, -0.2) is 17.0 Å². The average Bonchev–Trinajstić information content (AvgIpc) is 2.29. The van der Waals surface area contributed by atoms with Gasteiger partial charge in [-0.15, -0.1) is 0 Å². The van der Waals surface area contributed by atoms with Crippen molar-refractivity contribution in [3.05, 3.63) is 42.3 Å². The van der Waals surface area contributed by atoms with Crippen LogP contribution in [-0.2, 0) is 0 Å². The first-order valence-corrected chi connectivity index (χ1v) is 4.74. The molecule has 16 heavy (non-hydrogen) atoms. The average molecular weight is 218 g/mol. The van der Waals surface area contributed by atoms with E-state index in [1.807, 2.05) is 7.05 Å². The van der Waals surface area contributed by atoms with Crippen molar-refractivity contribution >= 4 is 17.5 Å². The van der Waals surface area contributed by atoms with Crippen LogP contribution in [0, 0.1) is 5.82 Å². The van der Waals surface area contributed by atoms with Crippen LogP contribution >= 0.6 is 0 Å². The molecule has 0 saturated carbocycles. The van der Waals surface area contributed by atoms with Crippen LogP contribution in [0.4, 0.5) is 21.8 Å². The van der Waals surface area contributed by atoms with Gasteiger partial charge in [0.25, 0.3) is 0 Å². The van der Waals surface area contributed by atoms with E-state index in [1.54, 1.807) is 29.3 Å². The molecule has 2 N–H and O–H groups in total. The predicted octanol–water partition coefficient (Wildman–Crippen LogP) is 1.97. The van der Waals surface area contributed by atoms with Gasteiger partial charge >= 0.3 is 0 Å². The zero-order chi connectivity index (χ0) is 11.5. The fourth-order valence-corrected chi connectivity index (χ4v) is 1.35. The van der Waals surface area contributed by atoms with Gasteiger partial charge in [0, 0.05) is 18.9 Å². The molecule has 0 bridgehead atoms. The Morgan fingerprint density at radius 1 is 1.19 bits per heavy atom. The van der Waals surface area contributed by atoms with Crippen LogP contribution in [0.3, 0.4) is 0 Å². The van der Waals surface area contributed by atoms with Crippen molar-refractivity contribution in [2.24, 2.45) is 0 Å². The molecule has 5 heteroatoms. The lowest BCUT2D eigenvalue weighted by Gasteiger charge is -2.17. The van der Waals surface area contributed by atoms with Gasteiger partial charge in [0.1, 0.15) is 11.6 Å². The highest BCUT2D eigenvalue weighted by atomic mass is 19.1. The van der Waals surface area contributed by atoms with E-state index in [9.17, 15) is 4.39 Å². The molecule has 1 aromatic heterocycles. The summed E-state index contributed by atoms with van der Waals surface area (Å²) in [5.74, 6) is 0.616. The minimum absolute atomic E-state index is 0.214. The summed E-state index contributed by atoms with van der Waals surface area (Å²) in [7, 11) is 1.83. The fraction of sp³-hybridized carbons (Fsp3) is 0.0909. The van der Waals surface area contributed by atoms with Gasteiger partial charge in [0.2, 0.25) is 5.95 Å². The van der Waals surface area contributed by atoms with Crippen LogP contribution in [0.1, 0.15) is 0 Å². The summed E-state index contributed by atoms with van der Waals surface area (Å²) >= 11 is 0. The molecule has 2 rings (SSSR count). The zero-order valence-corrected chi connectivity index (χ0v) is 8.76. The molecular weight excluding hydrogens is 207 g/mol. The topological polar surface area (TPSA) is 55.0 Å². The maximum absolute atomic E-state index is 12.8. The second kappa shape index (κ2) is 4.14. The first kappa shape index (κ1) is 10.4. The Morgan fingerprint density at radius 3 is 2.50 bits per heavy atom. The maximum Gasteiger partial charge on any atom is 0.221 e. The molecule has 0 fully saturated rings. The minimum Gasteiger partial charge on any atom is -0.368 e. The third kappa shape index (κ3) is 2.08. The molecule has 0 aliphatic rings. The SMILES string of the molecule is CN(c1ccc(F)cc1)c1ccnc(N)n1. The third-order valence-corrected chi connectivity index (χ3v) is 2.22. The number of hydrogen-bond donors (Lipinski definition) is 1. The lowest BCUT2D eigenvalue weighted by atomic mass is 10.3. The van der Waals surface area contributed by atoms with Gasteiger partial charge in [-0.2, -0.15) is 4.98 Å². The monoisotopic (exact) mass is 218 g/mol. The Kier molecular flexibility index (Phi) is 2.68. The number of rotatable bonds is 2. The number of nitrogen functional groups attached to an aromatic ring is 1. The molecule has 0 aliphatic heterocycles. The van der Waals surface area contributed by atoms with Crippen LogP contribution in [0.25, 0.3) is 0 Å². The number of nitrogens with zero attached hydrogens (tertiary/aromatic N) is 3. The normalized spacial score (nSPS) is 10.1. The first-order chi connectivity index (χ1) is 7.66. The fourth-order valence-electron chi connectivity index (χ4n) is 1.35. The number of aromatic nitrogens is 2. The van der Waals surface area contributed by atoms with Crippen molar-refractivity contribution in [3.8, 4) is 0 Å². The van der Waals surface area contributed by atoms with Gasteiger partial charge in [-0.25, -0.2) is 9.37 Å². The molecule has 0 radical (unpaired) electrons. The highest BCUT2D eigenvalue weighted by molar-refractivity contribution is 5.59. The molecule has 0 spiro atoms. The van der Waals surface area contributed by atoms with E-state index in [1.165, 1.54) is 12.1 Å². The zero-order valence-electron chi connectivity index (χ0n) is 8.76. The maximum atomic E-state index is 12.8. The summed E-state index contributed by atoms with van der Waals surface area (Å²) < 4.78 is 12.8. The lowest BCUT2D eigenvalue weighted by molar-refractivity contribution is 0.628. The molecule has 2 aromatic rings. The molecule has 4 nitrogen and oxygen atoms in total. The van der Waals surface area contributed by atoms with Crippen molar-refractivity contribution in [1.82, 2.24) is 9.97 Å². The third-order valence-electron chi connectivity index (χ3n) is 2.22.